The van der Waals surface area contributed by atoms with E-state index < -0.39 is 0 Å². The Morgan fingerprint density at radius 1 is 0.897 bits per heavy atom. The first-order valence-electron chi connectivity index (χ1n) is 9.37. The van der Waals surface area contributed by atoms with Crippen molar-refractivity contribution in [2.24, 2.45) is 5.73 Å². The molecular weight excluding hydrogens is 360 g/mol. The Morgan fingerprint density at radius 2 is 1.55 bits per heavy atom. The van der Waals surface area contributed by atoms with Gasteiger partial charge in [-0.05, 0) is 67.9 Å². The van der Waals surface area contributed by atoms with E-state index in [1.54, 1.807) is 0 Å². The summed E-state index contributed by atoms with van der Waals surface area (Å²) in [6, 6.07) is 20.3. The molecule has 1 atom stereocenters. The lowest BCUT2D eigenvalue weighted by Gasteiger charge is -2.18. The first-order chi connectivity index (χ1) is 13.6. The summed E-state index contributed by atoms with van der Waals surface area (Å²) in [5.41, 5.74) is 11.7. The molecule has 1 aromatic heterocycles. The molecule has 1 amide bonds. The second kappa shape index (κ2) is 9.85. The molecule has 0 saturated heterocycles. The van der Waals surface area contributed by atoms with Crippen LogP contribution >= 0.6 is 0 Å². The highest BCUT2D eigenvalue weighted by atomic mass is 16.1. The van der Waals surface area contributed by atoms with Crippen molar-refractivity contribution in [3.8, 4) is 11.1 Å². The van der Waals surface area contributed by atoms with Gasteiger partial charge in [-0.25, -0.2) is 0 Å². The highest BCUT2D eigenvalue weighted by Crippen LogP contribution is 2.33. The number of rotatable bonds is 2. The first kappa shape index (κ1) is 22.1. The zero-order chi connectivity index (χ0) is 20.1. The van der Waals surface area contributed by atoms with Gasteiger partial charge >= 0.3 is 0 Å². The predicted octanol–water partition coefficient (Wildman–Crippen LogP) is 5.07. The number of carbonyl (C=O) groups excluding carboxylic acids is 1. The molecule has 5 heteroatoms. The molecule has 5 nitrogen and oxygen atoms in total. The van der Waals surface area contributed by atoms with E-state index in [9.17, 15) is 4.79 Å². The first-order valence-corrected chi connectivity index (χ1v) is 9.37. The summed E-state index contributed by atoms with van der Waals surface area (Å²) in [5.74, 6) is 0.0217. The average molecular weight is 391 g/mol. The summed E-state index contributed by atoms with van der Waals surface area (Å²) >= 11 is 0. The molecule has 4 N–H and O–H groups in total. The molecule has 0 spiro atoms. The second-order valence-electron chi connectivity index (χ2n) is 6.76. The molecule has 1 aliphatic rings. The van der Waals surface area contributed by atoms with Crippen molar-refractivity contribution < 1.29 is 4.79 Å². The van der Waals surface area contributed by atoms with Gasteiger partial charge in [-0.1, -0.05) is 37.8 Å². The SMILES string of the molecule is C.CN.Cc1cc(-c2cccc(C3CC(=O)Nc4ccccc4N3)c2)cc(C)n1. The van der Waals surface area contributed by atoms with Crippen molar-refractivity contribution in [1.29, 1.82) is 0 Å². The minimum Gasteiger partial charge on any atom is -0.376 e. The number of nitrogens with zero attached hydrogens (tertiary/aromatic N) is 1. The minimum absolute atomic E-state index is 0. The number of para-hydroxylation sites is 2. The fourth-order valence-corrected chi connectivity index (χ4v) is 3.48. The van der Waals surface area contributed by atoms with Crippen LogP contribution in [0.2, 0.25) is 0 Å². The Kier molecular flexibility index (Phi) is 7.51. The summed E-state index contributed by atoms with van der Waals surface area (Å²) in [7, 11) is 1.50. The molecule has 0 saturated carbocycles. The van der Waals surface area contributed by atoms with E-state index in [4.69, 9.17) is 0 Å². The van der Waals surface area contributed by atoms with Crippen LogP contribution in [0.25, 0.3) is 11.1 Å². The molecule has 0 radical (unpaired) electrons. The topological polar surface area (TPSA) is 80.0 Å². The molecule has 0 bridgehead atoms. The van der Waals surface area contributed by atoms with E-state index in [0.717, 1.165) is 39.5 Å². The standard InChI is InChI=1S/C22H21N3O.CH5N.CH4/c1-14-10-18(11-15(2)23-14)16-6-5-7-17(12-16)21-13-22(26)25-20-9-4-3-8-19(20)24-21;1-2;/h3-12,21,24H,13H2,1-2H3,(H,25,26);2H2,1H3;1H4. The van der Waals surface area contributed by atoms with Gasteiger partial charge in [0.1, 0.15) is 0 Å². The number of nitrogens with one attached hydrogen (secondary N) is 2. The number of carbonyl (C=O) groups is 1. The summed E-state index contributed by atoms with van der Waals surface area (Å²) in [6.45, 7) is 4.02. The van der Waals surface area contributed by atoms with Crippen LogP contribution in [0.4, 0.5) is 11.4 Å². The number of benzene rings is 2. The lowest BCUT2D eigenvalue weighted by molar-refractivity contribution is -0.116. The van der Waals surface area contributed by atoms with Crippen molar-refractivity contribution in [1.82, 2.24) is 4.98 Å². The largest absolute Gasteiger partial charge is 0.376 e. The maximum absolute atomic E-state index is 12.3. The highest BCUT2D eigenvalue weighted by molar-refractivity contribution is 5.96. The van der Waals surface area contributed by atoms with Crippen molar-refractivity contribution in [2.75, 3.05) is 17.7 Å². The molecule has 1 unspecified atom stereocenters. The van der Waals surface area contributed by atoms with Crippen LogP contribution < -0.4 is 16.4 Å². The quantitative estimate of drug-likeness (QED) is 0.570. The van der Waals surface area contributed by atoms with Gasteiger partial charge in [-0.3, -0.25) is 9.78 Å². The maximum atomic E-state index is 12.3. The monoisotopic (exact) mass is 390 g/mol. The fourth-order valence-electron chi connectivity index (χ4n) is 3.48. The van der Waals surface area contributed by atoms with Crippen LogP contribution in [0.3, 0.4) is 0 Å². The second-order valence-corrected chi connectivity index (χ2v) is 6.76. The van der Waals surface area contributed by atoms with E-state index >= 15 is 0 Å². The van der Waals surface area contributed by atoms with E-state index in [-0.39, 0.29) is 19.4 Å². The molecule has 3 aromatic rings. The van der Waals surface area contributed by atoms with Crippen molar-refractivity contribution >= 4 is 17.3 Å². The van der Waals surface area contributed by atoms with Crippen LogP contribution in [0, 0.1) is 13.8 Å². The Bertz CT molecular complexity index is 964. The normalized spacial score (nSPS) is 14.8. The van der Waals surface area contributed by atoms with Gasteiger partial charge in [0.25, 0.3) is 0 Å². The Balaban J connectivity index is 0.000000970. The van der Waals surface area contributed by atoms with E-state index in [1.165, 1.54) is 7.05 Å². The Labute approximate surface area is 173 Å². The van der Waals surface area contributed by atoms with Crippen LogP contribution in [-0.4, -0.2) is 17.9 Å². The average Bonchev–Trinajstić information content (AvgIpc) is 2.87. The van der Waals surface area contributed by atoms with Crippen LogP contribution in [0.15, 0.2) is 60.7 Å². The van der Waals surface area contributed by atoms with E-state index in [0.29, 0.717) is 6.42 Å². The smallest absolute Gasteiger partial charge is 0.226 e. The van der Waals surface area contributed by atoms with Gasteiger partial charge in [0.05, 0.1) is 23.8 Å². The molecule has 0 fully saturated rings. The number of fused-ring (bicyclic) bond motifs is 1. The van der Waals surface area contributed by atoms with Gasteiger partial charge in [0.15, 0.2) is 0 Å². The van der Waals surface area contributed by atoms with E-state index in [2.05, 4.69) is 51.7 Å². The van der Waals surface area contributed by atoms with Crippen molar-refractivity contribution in [3.05, 3.63) is 77.6 Å². The van der Waals surface area contributed by atoms with Gasteiger partial charge in [-0.2, -0.15) is 0 Å². The predicted molar refractivity (Wildman–Crippen MR) is 122 cm³/mol. The number of hydrogen-bond acceptors (Lipinski definition) is 4. The molecule has 152 valence electrons. The Morgan fingerprint density at radius 3 is 2.24 bits per heavy atom. The number of hydrogen-bond donors (Lipinski definition) is 3. The van der Waals surface area contributed by atoms with Gasteiger partial charge in [0.2, 0.25) is 5.91 Å². The molecule has 2 heterocycles. The summed E-state index contributed by atoms with van der Waals surface area (Å²) in [5, 5.41) is 6.49. The minimum atomic E-state index is -0.0670. The molecule has 2 aromatic carbocycles. The maximum Gasteiger partial charge on any atom is 0.226 e. The lowest BCUT2D eigenvalue weighted by Crippen LogP contribution is -2.15. The third kappa shape index (κ3) is 5.21. The van der Waals surface area contributed by atoms with Crippen molar-refractivity contribution in [2.45, 2.75) is 33.7 Å². The number of aryl methyl sites for hydroxylation is 2. The van der Waals surface area contributed by atoms with Crippen LogP contribution in [-0.2, 0) is 4.79 Å². The van der Waals surface area contributed by atoms with Crippen molar-refractivity contribution in [3.63, 3.8) is 0 Å². The number of amides is 1. The number of pyridine rings is 1. The van der Waals surface area contributed by atoms with Crippen LogP contribution in [0.1, 0.15) is 36.8 Å². The molecular formula is C24H30N4O. The van der Waals surface area contributed by atoms with E-state index in [1.807, 2.05) is 44.2 Å². The molecule has 1 aliphatic heterocycles. The zero-order valence-electron chi connectivity index (χ0n) is 16.5. The molecule has 29 heavy (non-hydrogen) atoms. The summed E-state index contributed by atoms with van der Waals surface area (Å²) < 4.78 is 0. The van der Waals surface area contributed by atoms with Gasteiger partial charge < -0.3 is 16.4 Å². The zero-order valence-corrected chi connectivity index (χ0v) is 16.5. The summed E-state index contributed by atoms with van der Waals surface area (Å²) in [6.07, 6.45) is 0.395. The number of anilines is 2. The van der Waals surface area contributed by atoms with Gasteiger partial charge in [-0.15, -0.1) is 0 Å². The van der Waals surface area contributed by atoms with Crippen LogP contribution in [0.5, 0.6) is 0 Å². The number of nitrogens with two attached hydrogens (primary N) is 1. The molecule has 0 aliphatic carbocycles. The Hall–Kier alpha value is -3.18. The highest BCUT2D eigenvalue weighted by Gasteiger charge is 2.22. The summed E-state index contributed by atoms with van der Waals surface area (Å²) in [4.78, 5) is 16.8. The number of aromatic nitrogens is 1. The lowest BCUT2D eigenvalue weighted by atomic mass is 9.97. The van der Waals surface area contributed by atoms with Gasteiger partial charge in [0, 0.05) is 11.4 Å². The third-order valence-corrected chi connectivity index (χ3v) is 4.62. The third-order valence-electron chi connectivity index (χ3n) is 4.62. The molecule has 4 rings (SSSR count). The fraction of sp³-hybridized carbons (Fsp3) is 0.250.